The summed E-state index contributed by atoms with van der Waals surface area (Å²) in [5, 5.41) is 0.650. The number of anilines is 2. The van der Waals surface area contributed by atoms with E-state index in [0.29, 0.717) is 10.7 Å². The minimum atomic E-state index is 0.616. The molecule has 1 fully saturated rings. The smallest absolute Gasteiger partial charge is 0.147 e. The molecule has 1 aliphatic rings. The van der Waals surface area contributed by atoms with Crippen molar-refractivity contribution in [1.82, 2.24) is 4.98 Å². The lowest BCUT2D eigenvalue weighted by atomic mass is 10.3. The fraction of sp³-hybridized carbons (Fsp3) is 0.444. The van der Waals surface area contributed by atoms with Crippen LogP contribution in [0.15, 0.2) is 12.3 Å². The summed E-state index contributed by atoms with van der Waals surface area (Å²) in [6, 6.07) is 1.76. The largest absolute Gasteiger partial charge is 0.397 e. The highest BCUT2D eigenvalue weighted by Crippen LogP contribution is 2.26. The van der Waals surface area contributed by atoms with Crippen molar-refractivity contribution < 1.29 is 0 Å². The zero-order valence-electron chi connectivity index (χ0n) is 7.74. The van der Waals surface area contributed by atoms with Crippen LogP contribution in [0.3, 0.4) is 0 Å². The molecule has 2 rings (SSSR count). The van der Waals surface area contributed by atoms with Gasteiger partial charge in [-0.2, -0.15) is 11.8 Å². The Kier molecular flexibility index (Phi) is 3.03. The number of hydrogen-bond acceptors (Lipinski definition) is 4. The van der Waals surface area contributed by atoms with E-state index in [1.54, 1.807) is 12.3 Å². The first-order valence-corrected chi connectivity index (χ1v) is 6.04. The minimum absolute atomic E-state index is 0.616. The van der Waals surface area contributed by atoms with Crippen LogP contribution in [-0.4, -0.2) is 29.6 Å². The molecule has 0 spiro atoms. The lowest BCUT2D eigenvalue weighted by molar-refractivity contribution is 0.840. The predicted molar refractivity (Wildman–Crippen MR) is 63.2 cm³/mol. The molecule has 0 unspecified atom stereocenters. The van der Waals surface area contributed by atoms with E-state index in [9.17, 15) is 0 Å². The number of thioether (sulfide) groups is 1. The van der Waals surface area contributed by atoms with E-state index in [-0.39, 0.29) is 0 Å². The van der Waals surface area contributed by atoms with Crippen LogP contribution < -0.4 is 10.6 Å². The highest BCUT2D eigenvalue weighted by molar-refractivity contribution is 7.99. The Morgan fingerprint density at radius 1 is 1.43 bits per heavy atom. The van der Waals surface area contributed by atoms with Gasteiger partial charge in [-0.05, 0) is 6.07 Å². The SMILES string of the molecule is Nc1cnc(N2CCSCC2)c(Cl)c1. The summed E-state index contributed by atoms with van der Waals surface area (Å²) in [5.41, 5.74) is 6.20. The Labute approximate surface area is 92.6 Å². The number of nitrogen functional groups attached to an aromatic ring is 1. The topological polar surface area (TPSA) is 42.1 Å². The van der Waals surface area contributed by atoms with Gasteiger partial charge >= 0.3 is 0 Å². The quantitative estimate of drug-likeness (QED) is 0.799. The lowest BCUT2D eigenvalue weighted by Gasteiger charge is -2.28. The molecule has 0 aliphatic carbocycles. The number of pyridine rings is 1. The minimum Gasteiger partial charge on any atom is -0.397 e. The zero-order valence-corrected chi connectivity index (χ0v) is 9.31. The Bertz CT molecular complexity index is 326. The van der Waals surface area contributed by atoms with Gasteiger partial charge in [0.1, 0.15) is 5.82 Å². The molecular weight excluding hydrogens is 218 g/mol. The van der Waals surface area contributed by atoms with Crippen molar-refractivity contribution in [1.29, 1.82) is 0 Å². The van der Waals surface area contributed by atoms with E-state index in [2.05, 4.69) is 9.88 Å². The second-order valence-corrected chi connectivity index (χ2v) is 4.81. The molecule has 0 saturated carbocycles. The van der Waals surface area contributed by atoms with Crippen LogP contribution >= 0.6 is 23.4 Å². The summed E-state index contributed by atoms with van der Waals surface area (Å²) in [6.45, 7) is 2.03. The Morgan fingerprint density at radius 2 is 2.14 bits per heavy atom. The third kappa shape index (κ3) is 2.07. The van der Waals surface area contributed by atoms with Crippen molar-refractivity contribution in [3.05, 3.63) is 17.3 Å². The number of aromatic nitrogens is 1. The van der Waals surface area contributed by atoms with Crippen LogP contribution in [0.5, 0.6) is 0 Å². The van der Waals surface area contributed by atoms with Gasteiger partial charge in [-0.15, -0.1) is 0 Å². The van der Waals surface area contributed by atoms with E-state index in [4.69, 9.17) is 17.3 Å². The molecule has 0 radical (unpaired) electrons. The molecule has 1 aliphatic heterocycles. The van der Waals surface area contributed by atoms with Gasteiger partial charge in [-0.1, -0.05) is 11.6 Å². The number of nitrogens with two attached hydrogens (primary N) is 1. The monoisotopic (exact) mass is 229 g/mol. The molecule has 0 atom stereocenters. The molecular formula is C9H12ClN3S. The lowest BCUT2D eigenvalue weighted by Crippen LogP contribution is -2.33. The van der Waals surface area contributed by atoms with Crippen LogP contribution in [0.2, 0.25) is 5.02 Å². The molecule has 76 valence electrons. The first-order chi connectivity index (χ1) is 6.77. The first-order valence-electron chi connectivity index (χ1n) is 4.51. The Morgan fingerprint density at radius 3 is 2.79 bits per heavy atom. The van der Waals surface area contributed by atoms with Gasteiger partial charge in [0, 0.05) is 24.6 Å². The molecule has 14 heavy (non-hydrogen) atoms. The number of nitrogens with zero attached hydrogens (tertiary/aromatic N) is 2. The Hall–Kier alpha value is -0.610. The maximum Gasteiger partial charge on any atom is 0.147 e. The second kappa shape index (κ2) is 4.28. The summed E-state index contributed by atoms with van der Waals surface area (Å²) in [6.07, 6.45) is 1.66. The third-order valence-electron chi connectivity index (χ3n) is 2.15. The zero-order chi connectivity index (χ0) is 9.97. The van der Waals surface area contributed by atoms with Crippen molar-refractivity contribution in [2.75, 3.05) is 35.2 Å². The summed E-state index contributed by atoms with van der Waals surface area (Å²) in [5.74, 6) is 3.14. The molecule has 0 aromatic carbocycles. The molecule has 0 bridgehead atoms. The van der Waals surface area contributed by atoms with Crippen molar-refractivity contribution in [3.63, 3.8) is 0 Å². The van der Waals surface area contributed by atoms with Gasteiger partial charge < -0.3 is 10.6 Å². The molecule has 1 aromatic heterocycles. The average molecular weight is 230 g/mol. The van der Waals surface area contributed by atoms with Gasteiger partial charge in [0.05, 0.1) is 16.9 Å². The highest BCUT2D eigenvalue weighted by atomic mass is 35.5. The average Bonchev–Trinajstić information content (AvgIpc) is 2.19. The number of halogens is 1. The second-order valence-electron chi connectivity index (χ2n) is 3.17. The van der Waals surface area contributed by atoms with Crippen molar-refractivity contribution in [3.8, 4) is 0 Å². The molecule has 0 amide bonds. The van der Waals surface area contributed by atoms with Crippen LogP contribution in [0.4, 0.5) is 11.5 Å². The number of rotatable bonds is 1. The fourth-order valence-corrected chi connectivity index (χ4v) is 2.65. The van der Waals surface area contributed by atoms with Crippen LogP contribution in [0.25, 0.3) is 0 Å². The van der Waals surface area contributed by atoms with E-state index in [1.165, 1.54) is 0 Å². The van der Waals surface area contributed by atoms with Gasteiger partial charge in [0.25, 0.3) is 0 Å². The summed E-state index contributed by atoms with van der Waals surface area (Å²) < 4.78 is 0. The van der Waals surface area contributed by atoms with Crippen molar-refractivity contribution in [2.24, 2.45) is 0 Å². The van der Waals surface area contributed by atoms with E-state index in [1.807, 2.05) is 11.8 Å². The van der Waals surface area contributed by atoms with E-state index in [0.717, 1.165) is 30.4 Å². The van der Waals surface area contributed by atoms with Crippen molar-refractivity contribution >= 4 is 34.9 Å². The van der Waals surface area contributed by atoms with Crippen LogP contribution in [0, 0.1) is 0 Å². The van der Waals surface area contributed by atoms with Crippen LogP contribution in [0.1, 0.15) is 0 Å². The normalized spacial score (nSPS) is 17.1. The highest BCUT2D eigenvalue weighted by Gasteiger charge is 2.15. The molecule has 5 heteroatoms. The number of hydrogen-bond donors (Lipinski definition) is 1. The van der Waals surface area contributed by atoms with Gasteiger partial charge in [0.2, 0.25) is 0 Å². The third-order valence-corrected chi connectivity index (χ3v) is 3.37. The van der Waals surface area contributed by atoms with Crippen LogP contribution in [-0.2, 0) is 0 Å². The summed E-state index contributed by atoms with van der Waals surface area (Å²) >= 11 is 8.04. The van der Waals surface area contributed by atoms with Crippen molar-refractivity contribution in [2.45, 2.75) is 0 Å². The maximum atomic E-state index is 6.07. The molecule has 2 N–H and O–H groups in total. The van der Waals surface area contributed by atoms with E-state index < -0.39 is 0 Å². The first kappa shape index (κ1) is 9.93. The molecule has 3 nitrogen and oxygen atoms in total. The van der Waals surface area contributed by atoms with E-state index >= 15 is 0 Å². The maximum absolute atomic E-state index is 6.07. The standard InChI is InChI=1S/C9H12ClN3S/c10-8-5-7(11)6-12-9(8)13-1-3-14-4-2-13/h5-6H,1-4,11H2. The van der Waals surface area contributed by atoms with Gasteiger partial charge in [-0.3, -0.25) is 0 Å². The van der Waals surface area contributed by atoms with Gasteiger partial charge in [-0.25, -0.2) is 4.98 Å². The Balaban J connectivity index is 2.22. The molecule has 1 aromatic rings. The molecule has 2 heterocycles. The summed E-state index contributed by atoms with van der Waals surface area (Å²) in [4.78, 5) is 6.47. The fourth-order valence-electron chi connectivity index (χ4n) is 1.45. The predicted octanol–water partition coefficient (Wildman–Crippen LogP) is 1.87. The van der Waals surface area contributed by atoms with Gasteiger partial charge in [0.15, 0.2) is 0 Å². The summed E-state index contributed by atoms with van der Waals surface area (Å²) in [7, 11) is 0. The molecule has 1 saturated heterocycles.